The molecule has 0 heterocycles. The molecular formula is C29H46O2. The third-order valence-electron chi connectivity index (χ3n) is 10.1. The van der Waals surface area contributed by atoms with Crippen LogP contribution in [0.5, 0.6) is 0 Å². The van der Waals surface area contributed by atoms with Gasteiger partial charge >= 0.3 is 5.97 Å². The molecule has 0 N–H and O–H groups in total. The molecule has 3 saturated carbocycles. The van der Waals surface area contributed by atoms with Gasteiger partial charge in [0.1, 0.15) is 6.10 Å². The first-order chi connectivity index (χ1) is 14.6. The summed E-state index contributed by atoms with van der Waals surface area (Å²) in [7, 11) is 0. The van der Waals surface area contributed by atoms with Crippen LogP contribution < -0.4 is 0 Å². The summed E-state index contributed by atoms with van der Waals surface area (Å²) in [6, 6.07) is 0. The Morgan fingerprint density at radius 1 is 1.10 bits per heavy atom. The predicted molar refractivity (Wildman–Crippen MR) is 129 cm³/mol. The molecule has 0 amide bonds. The van der Waals surface area contributed by atoms with Crippen LogP contribution in [0.1, 0.15) is 99.3 Å². The van der Waals surface area contributed by atoms with Crippen molar-refractivity contribution >= 4 is 5.97 Å². The standard InChI is InChI=1S/C29H46O2/c1-19(2)8-7-9-20(3)25-12-13-26-24-11-10-22-18-23(31-21(4)30)14-16-28(22,5)27(24)15-17-29(25,26)6/h7,9,11,19-20,22-23,25-27H,8,10,12-18H2,1-6H3/b9-7-/t20-,22+,23+,25-,26+,27+,28+,29-/m1/s1. The number of rotatable bonds is 5. The van der Waals surface area contributed by atoms with Crippen molar-refractivity contribution in [3.8, 4) is 0 Å². The van der Waals surface area contributed by atoms with Crippen LogP contribution in [0, 0.1) is 46.3 Å². The largest absolute Gasteiger partial charge is 0.463 e. The fraction of sp³-hybridized carbons (Fsp3) is 0.828. The topological polar surface area (TPSA) is 26.3 Å². The van der Waals surface area contributed by atoms with Crippen molar-refractivity contribution in [3.05, 3.63) is 23.8 Å². The molecule has 4 aliphatic rings. The molecule has 0 aromatic heterocycles. The van der Waals surface area contributed by atoms with E-state index < -0.39 is 0 Å². The molecule has 8 atom stereocenters. The summed E-state index contributed by atoms with van der Waals surface area (Å²) in [5.41, 5.74) is 2.71. The highest BCUT2D eigenvalue weighted by atomic mass is 16.5. The van der Waals surface area contributed by atoms with Gasteiger partial charge in [-0.2, -0.15) is 0 Å². The summed E-state index contributed by atoms with van der Waals surface area (Å²) in [6.45, 7) is 13.9. The number of esters is 1. The minimum Gasteiger partial charge on any atom is -0.463 e. The zero-order valence-electron chi connectivity index (χ0n) is 21.0. The summed E-state index contributed by atoms with van der Waals surface area (Å²) in [4.78, 5) is 11.5. The molecule has 0 bridgehead atoms. The van der Waals surface area contributed by atoms with Gasteiger partial charge in [0.15, 0.2) is 0 Å². The minimum absolute atomic E-state index is 0.109. The van der Waals surface area contributed by atoms with Crippen LogP contribution >= 0.6 is 0 Å². The molecule has 0 radical (unpaired) electrons. The van der Waals surface area contributed by atoms with Crippen LogP contribution in [0.3, 0.4) is 0 Å². The highest BCUT2D eigenvalue weighted by Crippen LogP contribution is 2.66. The van der Waals surface area contributed by atoms with E-state index in [1.165, 1.54) is 44.9 Å². The molecule has 174 valence electrons. The van der Waals surface area contributed by atoms with Gasteiger partial charge < -0.3 is 4.74 Å². The summed E-state index contributed by atoms with van der Waals surface area (Å²) < 4.78 is 5.63. The number of fused-ring (bicyclic) bond motifs is 5. The van der Waals surface area contributed by atoms with E-state index in [9.17, 15) is 4.79 Å². The Hall–Kier alpha value is -1.05. The van der Waals surface area contributed by atoms with Crippen LogP contribution in [0.25, 0.3) is 0 Å². The van der Waals surface area contributed by atoms with Crippen LogP contribution in [0.4, 0.5) is 0 Å². The average molecular weight is 427 g/mol. The molecule has 4 aliphatic carbocycles. The quantitative estimate of drug-likeness (QED) is 0.332. The van der Waals surface area contributed by atoms with E-state index in [2.05, 4.69) is 52.8 Å². The van der Waals surface area contributed by atoms with Crippen LogP contribution in [-0.4, -0.2) is 12.1 Å². The van der Waals surface area contributed by atoms with Gasteiger partial charge in [-0.25, -0.2) is 0 Å². The molecule has 0 spiro atoms. The fourth-order valence-electron chi connectivity index (χ4n) is 8.42. The number of carbonyl (C=O) groups is 1. The smallest absolute Gasteiger partial charge is 0.302 e. The van der Waals surface area contributed by atoms with E-state index in [4.69, 9.17) is 4.74 Å². The van der Waals surface area contributed by atoms with E-state index >= 15 is 0 Å². The second kappa shape index (κ2) is 8.71. The van der Waals surface area contributed by atoms with Gasteiger partial charge in [-0.05, 0) is 104 Å². The number of hydrogen-bond donors (Lipinski definition) is 0. The van der Waals surface area contributed by atoms with Gasteiger partial charge in [0, 0.05) is 6.92 Å². The molecule has 4 rings (SSSR count). The van der Waals surface area contributed by atoms with Crippen molar-refractivity contribution in [3.63, 3.8) is 0 Å². The number of ether oxygens (including phenoxy) is 1. The first kappa shape index (κ1) is 23.1. The summed E-state index contributed by atoms with van der Waals surface area (Å²) in [6.07, 6.45) is 19.1. The highest BCUT2D eigenvalue weighted by Gasteiger charge is 2.58. The fourth-order valence-corrected chi connectivity index (χ4v) is 8.42. The van der Waals surface area contributed by atoms with E-state index in [-0.39, 0.29) is 12.1 Å². The SMILES string of the molecule is CC(=O)O[C@H]1CC[C@@]2(C)[C@@H](CC=C3[C@@H]2CC[C@]2(C)[C@@H]([C@H](C)/C=C\CC(C)C)CC[C@@H]32)C1. The van der Waals surface area contributed by atoms with Crippen LogP contribution in [-0.2, 0) is 9.53 Å². The Bertz CT molecular complexity index is 733. The minimum atomic E-state index is -0.109. The van der Waals surface area contributed by atoms with Crippen LogP contribution in [0.2, 0.25) is 0 Å². The van der Waals surface area contributed by atoms with Gasteiger partial charge in [0.2, 0.25) is 0 Å². The second-order valence-electron chi connectivity index (χ2n) is 12.4. The normalized spacial score (nSPS) is 43.2. The number of allylic oxidation sites excluding steroid dienone is 4. The Kier molecular flexibility index (Phi) is 6.50. The van der Waals surface area contributed by atoms with Crippen molar-refractivity contribution in [2.45, 2.75) is 105 Å². The average Bonchev–Trinajstić information content (AvgIpc) is 3.05. The van der Waals surface area contributed by atoms with E-state index in [0.717, 1.165) is 36.5 Å². The Morgan fingerprint density at radius 2 is 1.81 bits per heavy atom. The summed E-state index contributed by atoms with van der Waals surface area (Å²) >= 11 is 0. The number of carbonyl (C=O) groups excluding carboxylic acids is 1. The molecule has 0 saturated heterocycles. The summed E-state index contributed by atoms with van der Waals surface area (Å²) in [5, 5.41) is 0. The first-order valence-electron chi connectivity index (χ1n) is 13.2. The molecule has 2 nitrogen and oxygen atoms in total. The first-order valence-corrected chi connectivity index (χ1v) is 13.2. The molecule has 0 unspecified atom stereocenters. The lowest BCUT2D eigenvalue weighted by Crippen LogP contribution is -2.50. The lowest BCUT2D eigenvalue weighted by atomic mass is 9.47. The predicted octanol–water partition coefficient (Wildman–Crippen LogP) is 7.74. The van der Waals surface area contributed by atoms with Crippen molar-refractivity contribution in [2.75, 3.05) is 0 Å². The molecule has 0 aromatic rings. The maximum Gasteiger partial charge on any atom is 0.302 e. The zero-order chi connectivity index (χ0) is 22.4. The molecule has 3 fully saturated rings. The molecular weight excluding hydrogens is 380 g/mol. The highest BCUT2D eigenvalue weighted by molar-refractivity contribution is 5.66. The van der Waals surface area contributed by atoms with E-state index in [0.29, 0.717) is 22.7 Å². The van der Waals surface area contributed by atoms with Gasteiger partial charge in [0.25, 0.3) is 0 Å². The van der Waals surface area contributed by atoms with Crippen molar-refractivity contribution < 1.29 is 9.53 Å². The second-order valence-corrected chi connectivity index (χ2v) is 12.4. The van der Waals surface area contributed by atoms with Crippen molar-refractivity contribution in [1.82, 2.24) is 0 Å². The molecule has 0 aromatic carbocycles. The Balaban J connectivity index is 1.50. The van der Waals surface area contributed by atoms with Gasteiger partial charge in [-0.1, -0.05) is 58.4 Å². The lowest BCUT2D eigenvalue weighted by molar-refractivity contribution is -0.152. The third-order valence-corrected chi connectivity index (χ3v) is 10.1. The van der Waals surface area contributed by atoms with Gasteiger partial charge in [-0.15, -0.1) is 0 Å². The van der Waals surface area contributed by atoms with E-state index in [1.54, 1.807) is 6.92 Å². The van der Waals surface area contributed by atoms with Crippen molar-refractivity contribution in [2.24, 2.45) is 46.3 Å². The lowest BCUT2D eigenvalue weighted by Gasteiger charge is -2.57. The van der Waals surface area contributed by atoms with Gasteiger partial charge in [-0.3, -0.25) is 4.79 Å². The van der Waals surface area contributed by atoms with E-state index in [1.807, 2.05) is 5.57 Å². The van der Waals surface area contributed by atoms with Crippen molar-refractivity contribution in [1.29, 1.82) is 0 Å². The monoisotopic (exact) mass is 426 g/mol. The zero-order valence-corrected chi connectivity index (χ0v) is 21.0. The number of hydrogen-bond acceptors (Lipinski definition) is 2. The maximum atomic E-state index is 11.5. The molecule has 2 heteroatoms. The third kappa shape index (κ3) is 4.18. The maximum absolute atomic E-state index is 11.5. The Morgan fingerprint density at radius 3 is 2.52 bits per heavy atom. The van der Waals surface area contributed by atoms with Crippen LogP contribution in [0.15, 0.2) is 23.8 Å². The Labute approximate surface area is 191 Å². The molecule has 0 aliphatic heterocycles. The van der Waals surface area contributed by atoms with Gasteiger partial charge in [0.05, 0.1) is 0 Å². The molecule has 31 heavy (non-hydrogen) atoms. The summed E-state index contributed by atoms with van der Waals surface area (Å²) in [5.74, 6) is 4.39.